The molecule has 0 radical (unpaired) electrons. The topological polar surface area (TPSA) is 6.48 Å². The zero-order valence-electron chi connectivity index (χ0n) is 21.7. The largest absolute Gasteiger partial charge is 0.365 e. The van der Waals surface area contributed by atoms with Gasteiger partial charge in [-0.3, -0.25) is 0 Å². The number of nitrogens with zero attached hydrogens (tertiary/aromatic N) is 2. The molecule has 1 saturated carbocycles. The SMILES string of the molecule is CN(C1=CCCC=C1)c1ccc(C2(C3=CCC(C)(N(C)c4ccccc4)C=C3)CCCCC2)cc1. The fourth-order valence-corrected chi connectivity index (χ4v) is 6.17. The fourth-order valence-electron chi connectivity index (χ4n) is 6.17. The lowest BCUT2D eigenvalue weighted by Crippen LogP contribution is -2.44. The van der Waals surface area contributed by atoms with Gasteiger partial charge in [-0.2, -0.15) is 0 Å². The van der Waals surface area contributed by atoms with E-state index in [1.54, 1.807) is 0 Å². The van der Waals surface area contributed by atoms with Crippen LogP contribution < -0.4 is 9.80 Å². The first-order valence-electron chi connectivity index (χ1n) is 13.4. The van der Waals surface area contributed by atoms with Crippen molar-refractivity contribution in [2.24, 2.45) is 0 Å². The number of benzene rings is 2. The van der Waals surface area contributed by atoms with Gasteiger partial charge in [0.2, 0.25) is 0 Å². The Kier molecular flexibility index (Phi) is 6.73. The van der Waals surface area contributed by atoms with Crippen molar-refractivity contribution in [3.8, 4) is 0 Å². The van der Waals surface area contributed by atoms with E-state index in [-0.39, 0.29) is 11.0 Å². The maximum atomic E-state index is 2.54. The number of hydrogen-bond donors (Lipinski definition) is 0. The number of hydrogen-bond acceptors (Lipinski definition) is 2. The molecule has 0 N–H and O–H groups in total. The van der Waals surface area contributed by atoms with Crippen molar-refractivity contribution in [3.63, 3.8) is 0 Å². The van der Waals surface area contributed by atoms with Gasteiger partial charge >= 0.3 is 0 Å². The Hall–Kier alpha value is -3.00. The van der Waals surface area contributed by atoms with Crippen LogP contribution in [0.4, 0.5) is 11.4 Å². The quantitative estimate of drug-likeness (QED) is 0.424. The van der Waals surface area contributed by atoms with E-state index in [9.17, 15) is 0 Å². The third kappa shape index (κ3) is 4.63. The van der Waals surface area contributed by atoms with E-state index in [2.05, 4.69) is 122 Å². The number of anilines is 2. The molecule has 0 saturated heterocycles. The summed E-state index contributed by atoms with van der Waals surface area (Å²) < 4.78 is 0. The molecule has 1 atom stereocenters. The molecule has 0 bridgehead atoms. The summed E-state index contributed by atoms with van der Waals surface area (Å²) in [5.41, 5.74) is 6.98. The minimum Gasteiger partial charge on any atom is -0.365 e. The van der Waals surface area contributed by atoms with Gasteiger partial charge in [0.1, 0.15) is 0 Å². The molecule has 0 heterocycles. The summed E-state index contributed by atoms with van der Waals surface area (Å²) in [5.74, 6) is 0. The molecule has 3 aliphatic rings. The minimum atomic E-state index is -0.00544. The number of allylic oxidation sites excluding steroid dienone is 5. The molecule has 1 unspecified atom stereocenters. The molecule has 3 aliphatic carbocycles. The van der Waals surface area contributed by atoms with Gasteiger partial charge in [-0.15, -0.1) is 0 Å². The average molecular weight is 465 g/mol. The molecular formula is C33H40N2. The molecule has 2 nitrogen and oxygen atoms in total. The zero-order chi connectivity index (χ0) is 24.3. The summed E-state index contributed by atoms with van der Waals surface area (Å²) in [4.78, 5) is 4.74. The second-order valence-corrected chi connectivity index (χ2v) is 10.8. The highest BCUT2D eigenvalue weighted by molar-refractivity contribution is 5.58. The standard InChI is InChI=1S/C33H40N2/c1-32(35(3)31-15-9-5-10-16-31)25-21-28(22-26-32)33(23-11-6-12-24-33)27-17-19-30(20-18-27)34(2)29-13-7-4-8-14-29/h5,7,9-10,13-22,25H,4,6,8,11-12,23-24,26H2,1-3H3. The summed E-state index contributed by atoms with van der Waals surface area (Å²) in [5, 5.41) is 0. The first-order valence-corrected chi connectivity index (χ1v) is 13.4. The monoisotopic (exact) mass is 464 g/mol. The van der Waals surface area contributed by atoms with E-state index in [0.29, 0.717) is 0 Å². The lowest BCUT2D eigenvalue weighted by atomic mass is 9.63. The van der Waals surface area contributed by atoms with Crippen LogP contribution in [0.1, 0.15) is 63.9 Å². The Morgan fingerprint density at radius 3 is 2.11 bits per heavy atom. The summed E-state index contributed by atoms with van der Waals surface area (Å²) in [6, 6.07) is 20.2. The summed E-state index contributed by atoms with van der Waals surface area (Å²) >= 11 is 0. The third-order valence-electron chi connectivity index (χ3n) is 8.70. The molecule has 182 valence electrons. The van der Waals surface area contributed by atoms with E-state index in [1.807, 2.05) is 0 Å². The number of likely N-dealkylation sites (N-methyl/N-ethyl adjacent to an activating group) is 2. The van der Waals surface area contributed by atoms with Crippen LogP contribution in [0.25, 0.3) is 0 Å². The highest BCUT2D eigenvalue weighted by Gasteiger charge is 2.39. The molecule has 0 spiro atoms. The van der Waals surface area contributed by atoms with Crippen molar-refractivity contribution >= 4 is 11.4 Å². The second-order valence-electron chi connectivity index (χ2n) is 10.8. The van der Waals surface area contributed by atoms with Gasteiger partial charge in [0, 0.05) is 36.6 Å². The maximum absolute atomic E-state index is 2.54. The Labute approximate surface area is 212 Å². The van der Waals surface area contributed by atoms with Gasteiger partial charge in [0.15, 0.2) is 0 Å². The van der Waals surface area contributed by atoms with Crippen LogP contribution in [0, 0.1) is 0 Å². The van der Waals surface area contributed by atoms with E-state index in [0.717, 1.165) is 19.3 Å². The van der Waals surface area contributed by atoms with Gasteiger partial charge in [-0.25, -0.2) is 0 Å². The molecule has 2 aromatic rings. The Morgan fingerprint density at radius 2 is 1.49 bits per heavy atom. The smallest absolute Gasteiger partial charge is 0.0591 e. The van der Waals surface area contributed by atoms with Crippen LogP contribution >= 0.6 is 0 Å². The molecule has 0 aromatic heterocycles. The Balaban J connectivity index is 1.40. The lowest BCUT2D eigenvalue weighted by Gasteiger charge is -2.44. The van der Waals surface area contributed by atoms with E-state index >= 15 is 0 Å². The summed E-state index contributed by atoms with van der Waals surface area (Å²) in [6.07, 6.45) is 24.1. The fraction of sp³-hybridized carbons (Fsp3) is 0.394. The zero-order valence-corrected chi connectivity index (χ0v) is 21.7. The van der Waals surface area contributed by atoms with Gasteiger partial charge in [-0.05, 0) is 80.5 Å². The number of rotatable bonds is 6. The molecule has 0 amide bonds. The maximum Gasteiger partial charge on any atom is 0.0591 e. The third-order valence-corrected chi connectivity index (χ3v) is 8.70. The average Bonchev–Trinajstić information content (AvgIpc) is 2.94. The van der Waals surface area contributed by atoms with Crippen molar-refractivity contribution in [2.75, 3.05) is 23.9 Å². The van der Waals surface area contributed by atoms with Crippen LogP contribution in [0.5, 0.6) is 0 Å². The van der Waals surface area contributed by atoms with E-state index in [1.165, 1.54) is 60.3 Å². The van der Waals surface area contributed by atoms with Crippen LogP contribution in [0.15, 0.2) is 102 Å². The molecule has 35 heavy (non-hydrogen) atoms. The van der Waals surface area contributed by atoms with Gasteiger partial charge in [-0.1, -0.05) is 80.0 Å². The van der Waals surface area contributed by atoms with E-state index < -0.39 is 0 Å². The molecule has 1 fully saturated rings. The van der Waals surface area contributed by atoms with E-state index in [4.69, 9.17) is 0 Å². The molecule has 2 aromatic carbocycles. The van der Waals surface area contributed by atoms with Crippen molar-refractivity contribution in [2.45, 2.75) is 69.2 Å². The van der Waals surface area contributed by atoms with Crippen LogP contribution in [-0.2, 0) is 5.41 Å². The van der Waals surface area contributed by atoms with Crippen LogP contribution in [0.3, 0.4) is 0 Å². The second kappa shape index (κ2) is 9.93. The first-order chi connectivity index (χ1) is 17.0. The number of para-hydroxylation sites is 1. The molecule has 5 rings (SSSR count). The van der Waals surface area contributed by atoms with Crippen molar-refractivity contribution in [3.05, 3.63) is 108 Å². The highest BCUT2D eigenvalue weighted by Crippen LogP contribution is 2.48. The minimum absolute atomic E-state index is 0.00544. The predicted molar refractivity (Wildman–Crippen MR) is 151 cm³/mol. The van der Waals surface area contributed by atoms with Crippen LogP contribution in [0.2, 0.25) is 0 Å². The first kappa shape index (κ1) is 23.7. The Bertz CT molecular complexity index is 1130. The summed E-state index contributed by atoms with van der Waals surface area (Å²) in [6.45, 7) is 2.36. The lowest BCUT2D eigenvalue weighted by molar-refractivity contribution is 0.341. The van der Waals surface area contributed by atoms with Crippen molar-refractivity contribution in [1.29, 1.82) is 0 Å². The van der Waals surface area contributed by atoms with Crippen LogP contribution in [-0.4, -0.2) is 19.6 Å². The van der Waals surface area contributed by atoms with Crippen molar-refractivity contribution < 1.29 is 0 Å². The highest BCUT2D eigenvalue weighted by atomic mass is 15.2. The Morgan fingerprint density at radius 1 is 0.743 bits per heavy atom. The van der Waals surface area contributed by atoms with Gasteiger partial charge in [0.05, 0.1) is 5.54 Å². The van der Waals surface area contributed by atoms with Gasteiger partial charge in [0.25, 0.3) is 0 Å². The molecule has 0 aliphatic heterocycles. The summed E-state index contributed by atoms with van der Waals surface area (Å²) in [7, 11) is 4.41. The molecule has 2 heteroatoms. The van der Waals surface area contributed by atoms with Gasteiger partial charge < -0.3 is 9.80 Å². The normalized spacial score (nSPS) is 23.4. The predicted octanol–water partition coefficient (Wildman–Crippen LogP) is 8.34. The van der Waals surface area contributed by atoms with Crippen molar-refractivity contribution in [1.82, 2.24) is 0 Å². The molecular weight excluding hydrogens is 424 g/mol.